The van der Waals surface area contributed by atoms with E-state index in [0.717, 1.165) is 11.1 Å². The Kier molecular flexibility index (Phi) is 7.16. The van der Waals surface area contributed by atoms with Gasteiger partial charge in [0.1, 0.15) is 5.82 Å². The van der Waals surface area contributed by atoms with Gasteiger partial charge in [-0.25, -0.2) is 9.07 Å². The standard InChI is InChI=1S/C28H27FN4O3/c29-22-12-10-21(11-13-22)25(32-14-16-36-17-15-32)18-30-27(34)26-23-8-4-5-9-24(23)28(35)33(31-26)19-20-6-2-1-3-7-20/h1-13,25H,14-19H2,(H,30,34). The summed E-state index contributed by atoms with van der Waals surface area (Å²) in [6.45, 7) is 3.18. The number of morpholine rings is 1. The molecule has 1 fully saturated rings. The molecular weight excluding hydrogens is 459 g/mol. The van der Waals surface area contributed by atoms with Gasteiger partial charge in [0.25, 0.3) is 11.5 Å². The molecule has 1 N–H and O–H groups in total. The number of fused-ring (bicyclic) bond motifs is 1. The fraction of sp³-hybridized carbons (Fsp3) is 0.250. The fourth-order valence-electron chi connectivity index (χ4n) is 4.57. The maximum absolute atomic E-state index is 13.6. The Morgan fingerprint density at radius 3 is 2.33 bits per heavy atom. The number of rotatable bonds is 7. The molecule has 1 saturated heterocycles. The second-order valence-electron chi connectivity index (χ2n) is 8.77. The van der Waals surface area contributed by atoms with Crippen molar-refractivity contribution in [2.75, 3.05) is 32.8 Å². The highest BCUT2D eigenvalue weighted by molar-refractivity contribution is 6.04. The van der Waals surface area contributed by atoms with Crippen LogP contribution in [0, 0.1) is 5.82 Å². The second kappa shape index (κ2) is 10.8. The molecule has 184 valence electrons. The van der Waals surface area contributed by atoms with Gasteiger partial charge < -0.3 is 10.1 Å². The Morgan fingerprint density at radius 2 is 1.61 bits per heavy atom. The van der Waals surface area contributed by atoms with Crippen molar-refractivity contribution in [2.45, 2.75) is 12.6 Å². The van der Waals surface area contributed by atoms with E-state index in [4.69, 9.17) is 4.74 Å². The summed E-state index contributed by atoms with van der Waals surface area (Å²) in [5.74, 6) is -0.673. The lowest BCUT2D eigenvalue weighted by Gasteiger charge is -2.35. The first-order chi connectivity index (χ1) is 17.6. The number of amides is 1. The molecule has 0 bridgehead atoms. The van der Waals surface area contributed by atoms with Crippen LogP contribution >= 0.6 is 0 Å². The highest BCUT2D eigenvalue weighted by Crippen LogP contribution is 2.22. The molecule has 0 radical (unpaired) electrons. The van der Waals surface area contributed by atoms with Crippen LogP contribution < -0.4 is 10.9 Å². The first-order valence-electron chi connectivity index (χ1n) is 12.0. The van der Waals surface area contributed by atoms with Crippen LogP contribution in [0.5, 0.6) is 0 Å². The summed E-state index contributed by atoms with van der Waals surface area (Å²) in [5, 5.41) is 8.45. The largest absolute Gasteiger partial charge is 0.379 e. The predicted octanol–water partition coefficient (Wildman–Crippen LogP) is 3.39. The molecule has 2 heterocycles. The molecule has 5 rings (SSSR count). The Bertz CT molecular complexity index is 1400. The van der Waals surface area contributed by atoms with Crippen molar-refractivity contribution in [1.29, 1.82) is 0 Å². The lowest BCUT2D eigenvalue weighted by Crippen LogP contribution is -2.44. The van der Waals surface area contributed by atoms with Gasteiger partial charge in [-0.15, -0.1) is 0 Å². The molecule has 1 amide bonds. The Labute approximate surface area is 208 Å². The Morgan fingerprint density at radius 1 is 0.944 bits per heavy atom. The van der Waals surface area contributed by atoms with Gasteiger partial charge in [-0.2, -0.15) is 5.10 Å². The van der Waals surface area contributed by atoms with E-state index < -0.39 is 0 Å². The van der Waals surface area contributed by atoms with Gasteiger partial charge >= 0.3 is 0 Å². The summed E-state index contributed by atoms with van der Waals surface area (Å²) in [4.78, 5) is 28.8. The van der Waals surface area contributed by atoms with Gasteiger partial charge in [0.2, 0.25) is 0 Å². The normalized spacial score (nSPS) is 15.0. The first-order valence-corrected chi connectivity index (χ1v) is 12.0. The summed E-state index contributed by atoms with van der Waals surface area (Å²) in [7, 11) is 0. The van der Waals surface area contributed by atoms with Gasteiger partial charge in [-0.05, 0) is 29.3 Å². The van der Waals surface area contributed by atoms with E-state index in [0.29, 0.717) is 43.6 Å². The number of carbonyl (C=O) groups excluding carboxylic acids is 1. The zero-order valence-electron chi connectivity index (χ0n) is 19.8. The second-order valence-corrected chi connectivity index (χ2v) is 8.77. The van der Waals surface area contributed by atoms with Gasteiger partial charge in [0, 0.05) is 25.0 Å². The summed E-state index contributed by atoms with van der Waals surface area (Å²) in [5.41, 5.74) is 1.77. The van der Waals surface area contributed by atoms with Gasteiger partial charge in [0.05, 0.1) is 31.2 Å². The van der Waals surface area contributed by atoms with Crippen molar-refractivity contribution in [3.8, 4) is 0 Å². The molecule has 8 heteroatoms. The van der Waals surface area contributed by atoms with E-state index in [2.05, 4.69) is 15.3 Å². The van der Waals surface area contributed by atoms with Crippen LogP contribution in [0.4, 0.5) is 4.39 Å². The van der Waals surface area contributed by atoms with Gasteiger partial charge in [0.15, 0.2) is 5.69 Å². The maximum Gasteiger partial charge on any atom is 0.274 e. The predicted molar refractivity (Wildman–Crippen MR) is 135 cm³/mol. The molecule has 0 saturated carbocycles. The third kappa shape index (κ3) is 5.19. The lowest BCUT2D eigenvalue weighted by atomic mass is 10.0. The zero-order valence-corrected chi connectivity index (χ0v) is 19.8. The maximum atomic E-state index is 13.6. The third-order valence-electron chi connectivity index (χ3n) is 6.46. The van der Waals surface area contributed by atoms with Crippen LogP contribution in [0.3, 0.4) is 0 Å². The number of halogens is 1. The van der Waals surface area contributed by atoms with E-state index in [9.17, 15) is 14.0 Å². The zero-order chi connectivity index (χ0) is 24.9. The number of hydrogen-bond acceptors (Lipinski definition) is 5. The average Bonchev–Trinajstić information content (AvgIpc) is 2.92. The Balaban J connectivity index is 1.44. The number of hydrogen-bond donors (Lipinski definition) is 1. The molecule has 1 aromatic heterocycles. The van der Waals surface area contributed by atoms with Crippen molar-refractivity contribution >= 4 is 16.7 Å². The van der Waals surface area contributed by atoms with E-state index in [1.165, 1.54) is 16.8 Å². The summed E-state index contributed by atoms with van der Waals surface area (Å²) >= 11 is 0. The SMILES string of the molecule is O=C(NCC(c1ccc(F)cc1)N1CCOCC1)c1nn(Cc2ccccc2)c(=O)c2ccccc12. The molecule has 4 aromatic rings. The average molecular weight is 487 g/mol. The molecule has 3 aromatic carbocycles. The lowest BCUT2D eigenvalue weighted by molar-refractivity contribution is 0.0162. The van der Waals surface area contributed by atoms with Crippen LogP contribution in [0.1, 0.15) is 27.7 Å². The van der Waals surface area contributed by atoms with Crippen molar-refractivity contribution in [2.24, 2.45) is 0 Å². The van der Waals surface area contributed by atoms with Crippen LogP contribution in [0.15, 0.2) is 83.7 Å². The van der Waals surface area contributed by atoms with Crippen molar-refractivity contribution in [1.82, 2.24) is 20.0 Å². The number of nitrogens with one attached hydrogen (secondary N) is 1. The minimum atomic E-state index is -0.367. The molecule has 1 atom stereocenters. The Hall–Kier alpha value is -3.88. The molecule has 1 unspecified atom stereocenters. The summed E-state index contributed by atoms with van der Waals surface area (Å²) in [6, 6.07) is 22.8. The third-order valence-corrected chi connectivity index (χ3v) is 6.46. The monoisotopic (exact) mass is 486 g/mol. The van der Waals surface area contributed by atoms with Gasteiger partial charge in [-0.1, -0.05) is 60.7 Å². The number of ether oxygens (including phenoxy) is 1. The van der Waals surface area contributed by atoms with Crippen LogP contribution in [0.25, 0.3) is 10.8 Å². The van der Waals surface area contributed by atoms with Crippen molar-refractivity contribution < 1.29 is 13.9 Å². The van der Waals surface area contributed by atoms with Gasteiger partial charge in [-0.3, -0.25) is 14.5 Å². The molecule has 7 nitrogen and oxygen atoms in total. The highest BCUT2D eigenvalue weighted by Gasteiger charge is 2.25. The summed E-state index contributed by atoms with van der Waals surface area (Å²) < 4.78 is 20.4. The van der Waals surface area contributed by atoms with E-state index in [-0.39, 0.29) is 35.6 Å². The molecule has 0 spiro atoms. The molecule has 1 aliphatic heterocycles. The topological polar surface area (TPSA) is 76.5 Å². The first kappa shape index (κ1) is 23.8. The number of benzene rings is 3. The van der Waals surface area contributed by atoms with E-state index in [1.54, 1.807) is 36.4 Å². The molecule has 1 aliphatic rings. The number of nitrogens with zero attached hydrogens (tertiary/aromatic N) is 3. The molecular formula is C28H27FN4O3. The van der Waals surface area contributed by atoms with Crippen molar-refractivity contribution in [3.63, 3.8) is 0 Å². The minimum Gasteiger partial charge on any atom is -0.379 e. The molecule has 36 heavy (non-hydrogen) atoms. The van der Waals surface area contributed by atoms with E-state index >= 15 is 0 Å². The molecule has 0 aliphatic carbocycles. The van der Waals surface area contributed by atoms with Crippen LogP contribution in [-0.4, -0.2) is 53.4 Å². The number of aromatic nitrogens is 2. The quantitative estimate of drug-likeness (QED) is 0.434. The van der Waals surface area contributed by atoms with Crippen LogP contribution in [-0.2, 0) is 11.3 Å². The minimum absolute atomic E-state index is 0.153. The van der Waals surface area contributed by atoms with Crippen LogP contribution in [0.2, 0.25) is 0 Å². The summed E-state index contributed by atoms with van der Waals surface area (Å²) in [6.07, 6.45) is 0. The highest BCUT2D eigenvalue weighted by atomic mass is 19.1. The smallest absolute Gasteiger partial charge is 0.274 e. The van der Waals surface area contributed by atoms with E-state index in [1.807, 2.05) is 30.3 Å². The fourth-order valence-corrected chi connectivity index (χ4v) is 4.57. The number of carbonyl (C=O) groups is 1. The van der Waals surface area contributed by atoms with Crippen molar-refractivity contribution in [3.05, 3.63) is 112 Å².